The van der Waals surface area contributed by atoms with Gasteiger partial charge in [-0.25, -0.2) is 9.97 Å². The molecule has 0 unspecified atom stereocenters. The summed E-state index contributed by atoms with van der Waals surface area (Å²) in [7, 11) is 1.47. The van der Waals surface area contributed by atoms with Gasteiger partial charge in [-0.05, 0) is 25.8 Å². The molecule has 1 aliphatic rings. The maximum atomic E-state index is 12.8. The van der Waals surface area contributed by atoms with Crippen LogP contribution in [0.5, 0.6) is 11.8 Å². The topological polar surface area (TPSA) is 87.8 Å². The van der Waals surface area contributed by atoms with E-state index in [1.54, 1.807) is 6.07 Å². The first-order chi connectivity index (χ1) is 14.2. The van der Waals surface area contributed by atoms with Crippen molar-refractivity contribution in [3.8, 4) is 11.8 Å². The number of Topliss-reactive ketones (excluding diaryl/α,β-unsaturated/α-hetero) is 1. The second kappa shape index (κ2) is 8.57. The monoisotopic (exact) mass is 396 g/mol. The summed E-state index contributed by atoms with van der Waals surface area (Å²) in [5, 5.41) is 0. The van der Waals surface area contributed by atoms with Crippen molar-refractivity contribution >= 4 is 11.4 Å². The summed E-state index contributed by atoms with van der Waals surface area (Å²) in [5.41, 5.74) is 2.97. The number of nitrogens with zero attached hydrogens (tertiary/aromatic N) is 4. The summed E-state index contributed by atoms with van der Waals surface area (Å²) >= 11 is 0. The minimum absolute atomic E-state index is 0.129. The lowest BCUT2D eigenvalue weighted by Gasteiger charge is -2.19. The molecule has 0 aliphatic carbocycles. The van der Waals surface area contributed by atoms with Crippen LogP contribution in [0.2, 0.25) is 0 Å². The van der Waals surface area contributed by atoms with Crippen molar-refractivity contribution in [1.82, 2.24) is 19.4 Å². The fraction of sp³-hybridized carbons (Fsp3) is 0.429. The first-order valence-electron chi connectivity index (χ1n) is 9.80. The number of imidazole rings is 1. The van der Waals surface area contributed by atoms with E-state index in [1.807, 2.05) is 29.8 Å². The molecule has 0 amide bonds. The van der Waals surface area contributed by atoms with Crippen LogP contribution < -0.4 is 9.47 Å². The molecule has 0 atom stereocenters. The smallest absolute Gasteiger partial charge is 0.316 e. The Morgan fingerprint density at radius 1 is 1.28 bits per heavy atom. The molecule has 1 fully saturated rings. The maximum absolute atomic E-state index is 12.8. The van der Waals surface area contributed by atoms with Crippen LogP contribution in [0.3, 0.4) is 0 Å². The number of rotatable bonds is 7. The highest BCUT2D eigenvalue weighted by atomic mass is 16.5. The van der Waals surface area contributed by atoms with E-state index in [0.29, 0.717) is 24.0 Å². The highest BCUT2D eigenvalue weighted by Crippen LogP contribution is 2.29. The SMILES string of the molecule is CCOc1cc2nc(C3CCOCC3)cn2cc1CC(=O)c1ccnc(OC)n1. The Morgan fingerprint density at radius 3 is 2.86 bits per heavy atom. The zero-order valence-corrected chi connectivity index (χ0v) is 16.6. The number of hydrogen-bond acceptors (Lipinski definition) is 7. The van der Waals surface area contributed by atoms with E-state index in [9.17, 15) is 4.79 Å². The first-order valence-corrected chi connectivity index (χ1v) is 9.80. The van der Waals surface area contributed by atoms with Gasteiger partial charge in [0.05, 0.1) is 19.4 Å². The third-order valence-electron chi connectivity index (χ3n) is 5.04. The Labute approximate surface area is 168 Å². The summed E-state index contributed by atoms with van der Waals surface area (Å²) in [6, 6.07) is 3.66. The average molecular weight is 396 g/mol. The molecule has 0 spiro atoms. The number of aromatic nitrogens is 4. The van der Waals surface area contributed by atoms with Gasteiger partial charge in [-0.3, -0.25) is 4.79 Å². The minimum atomic E-state index is -0.129. The minimum Gasteiger partial charge on any atom is -0.493 e. The van der Waals surface area contributed by atoms with Crippen molar-refractivity contribution in [2.75, 3.05) is 26.9 Å². The number of carbonyl (C=O) groups is 1. The van der Waals surface area contributed by atoms with E-state index < -0.39 is 0 Å². The average Bonchev–Trinajstić information content (AvgIpc) is 3.17. The van der Waals surface area contributed by atoms with Crippen molar-refractivity contribution in [3.63, 3.8) is 0 Å². The third kappa shape index (κ3) is 4.22. The molecule has 8 nitrogen and oxygen atoms in total. The molecule has 3 aromatic heterocycles. The predicted octanol–water partition coefficient (Wildman–Crippen LogP) is 2.85. The van der Waals surface area contributed by atoms with Crippen LogP contribution in [-0.2, 0) is 11.2 Å². The molecule has 3 aromatic rings. The van der Waals surface area contributed by atoms with Crippen molar-refractivity contribution in [3.05, 3.63) is 47.7 Å². The van der Waals surface area contributed by atoms with E-state index in [-0.39, 0.29) is 18.2 Å². The zero-order chi connectivity index (χ0) is 20.2. The maximum Gasteiger partial charge on any atom is 0.316 e. The number of ketones is 1. The Bertz CT molecular complexity index is 1010. The molecule has 8 heteroatoms. The van der Waals surface area contributed by atoms with Crippen molar-refractivity contribution in [1.29, 1.82) is 0 Å². The van der Waals surface area contributed by atoms with E-state index in [4.69, 9.17) is 19.2 Å². The Kier molecular flexibility index (Phi) is 5.71. The largest absolute Gasteiger partial charge is 0.493 e. The van der Waals surface area contributed by atoms with Crippen LogP contribution in [0.15, 0.2) is 30.7 Å². The quantitative estimate of drug-likeness (QED) is 0.568. The Hall–Kier alpha value is -3.00. The van der Waals surface area contributed by atoms with Crippen LogP contribution in [0.1, 0.15) is 47.4 Å². The molecular weight excluding hydrogens is 372 g/mol. The second-order valence-electron chi connectivity index (χ2n) is 6.94. The Balaban J connectivity index is 1.64. The summed E-state index contributed by atoms with van der Waals surface area (Å²) in [6.07, 6.45) is 7.60. The molecule has 0 bridgehead atoms. The van der Waals surface area contributed by atoms with Crippen molar-refractivity contribution in [2.45, 2.75) is 32.1 Å². The molecule has 0 N–H and O–H groups in total. The van der Waals surface area contributed by atoms with E-state index in [0.717, 1.165) is 43.0 Å². The van der Waals surface area contributed by atoms with Crippen molar-refractivity contribution < 1.29 is 19.0 Å². The molecule has 0 radical (unpaired) electrons. The second-order valence-corrected chi connectivity index (χ2v) is 6.94. The molecule has 29 heavy (non-hydrogen) atoms. The van der Waals surface area contributed by atoms with Crippen LogP contribution in [0.4, 0.5) is 0 Å². The van der Waals surface area contributed by atoms with Crippen LogP contribution in [-0.4, -0.2) is 52.1 Å². The lowest BCUT2D eigenvalue weighted by molar-refractivity contribution is 0.0846. The standard InChI is InChI=1S/C21H24N4O4/c1-3-29-19-11-20-23-17(14-5-8-28-9-6-14)13-25(20)12-15(19)10-18(26)16-4-7-22-21(24-16)27-2/h4,7,11-14H,3,5-6,8-10H2,1-2H3. The molecule has 1 aliphatic heterocycles. The van der Waals surface area contributed by atoms with Gasteiger partial charge in [0.15, 0.2) is 5.78 Å². The van der Waals surface area contributed by atoms with Gasteiger partial charge in [0, 0.05) is 55.8 Å². The van der Waals surface area contributed by atoms with Gasteiger partial charge in [-0.2, -0.15) is 4.98 Å². The van der Waals surface area contributed by atoms with Gasteiger partial charge in [-0.1, -0.05) is 0 Å². The first kappa shape index (κ1) is 19.3. The number of carbonyl (C=O) groups excluding carboxylic acids is 1. The Morgan fingerprint density at radius 2 is 2.10 bits per heavy atom. The predicted molar refractivity (Wildman–Crippen MR) is 106 cm³/mol. The van der Waals surface area contributed by atoms with E-state index in [1.165, 1.54) is 13.3 Å². The van der Waals surface area contributed by atoms with Gasteiger partial charge < -0.3 is 18.6 Å². The molecule has 152 valence electrons. The lowest BCUT2D eigenvalue weighted by atomic mass is 9.97. The molecule has 0 saturated carbocycles. The van der Waals surface area contributed by atoms with Gasteiger partial charge in [0.1, 0.15) is 17.1 Å². The number of ether oxygens (including phenoxy) is 3. The van der Waals surface area contributed by atoms with Crippen LogP contribution in [0.25, 0.3) is 5.65 Å². The number of fused-ring (bicyclic) bond motifs is 1. The number of hydrogen-bond donors (Lipinski definition) is 0. The highest BCUT2D eigenvalue weighted by molar-refractivity contribution is 5.96. The van der Waals surface area contributed by atoms with Gasteiger partial charge in [0.2, 0.25) is 0 Å². The van der Waals surface area contributed by atoms with Crippen LogP contribution >= 0.6 is 0 Å². The summed E-state index contributed by atoms with van der Waals surface area (Å²) in [6.45, 7) is 3.96. The van der Waals surface area contributed by atoms with Gasteiger partial charge in [0.25, 0.3) is 0 Å². The van der Waals surface area contributed by atoms with E-state index in [2.05, 4.69) is 9.97 Å². The summed E-state index contributed by atoms with van der Waals surface area (Å²) in [4.78, 5) is 25.7. The molecule has 1 saturated heterocycles. The summed E-state index contributed by atoms with van der Waals surface area (Å²) < 4.78 is 18.2. The molecule has 4 heterocycles. The fourth-order valence-electron chi connectivity index (χ4n) is 3.55. The fourth-order valence-corrected chi connectivity index (χ4v) is 3.55. The third-order valence-corrected chi connectivity index (χ3v) is 5.04. The van der Waals surface area contributed by atoms with Crippen LogP contribution in [0, 0.1) is 0 Å². The molecular formula is C21H24N4O4. The summed E-state index contributed by atoms with van der Waals surface area (Å²) in [5.74, 6) is 0.937. The normalized spacial score (nSPS) is 14.8. The highest BCUT2D eigenvalue weighted by Gasteiger charge is 2.20. The molecule has 4 rings (SSSR count). The lowest BCUT2D eigenvalue weighted by Crippen LogP contribution is -2.14. The molecule has 0 aromatic carbocycles. The van der Waals surface area contributed by atoms with Crippen molar-refractivity contribution in [2.24, 2.45) is 0 Å². The zero-order valence-electron chi connectivity index (χ0n) is 16.6. The van der Waals surface area contributed by atoms with E-state index >= 15 is 0 Å². The number of pyridine rings is 1. The number of methoxy groups -OCH3 is 1. The van der Waals surface area contributed by atoms with Gasteiger partial charge >= 0.3 is 6.01 Å². The van der Waals surface area contributed by atoms with Gasteiger partial charge in [-0.15, -0.1) is 0 Å².